The Morgan fingerprint density at radius 1 is 1.42 bits per heavy atom. The molecule has 0 radical (unpaired) electrons. The number of H-pyrrole nitrogens is 1. The third kappa shape index (κ3) is 2.59. The third-order valence-electron chi connectivity index (χ3n) is 3.34. The summed E-state index contributed by atoms with van der Waals surface area (Å²) >= 11 is 0. The molecule has 1 aliphatic rings. The summed E-state index contributed by atoms with van der Waals surface area (Å²) in [7, 11) is 0. The smallest absolute Gasteiger partial charge is 0.242 e. The maximum Gasteiger partial charge on any atom is 0.242 e. The number of carbonyl (C=O) groups excluding carboxylic acids is 1. The molecule has 1 aromatic heterocycles. The highest BCUT2D eigenvalue weighted by atomic mass is 16.2. The van der Waals surface area contributed by atoms with Gasteiger partial charge in [0.15, 0.2) is 0 Å². The topological polar surface area (TPSA) is 69.8 Å². The van der Waals surface area contributed by atoms with Crippen molar-refractivity contribution in [2.24, 2.45) is 0 Å². The Hall–Kier alpha value is -2.30. The third-order valence-corrected chi connectivity index (χ3v) is 3.34. The first-order valence-electron chi connectivity index (χ1n) is 6.42. The van der Waals surface area contributed by atoms with E-state index < -0.39 is 0 Å². The molecule has 1 amide bonds. The van der Waals surface area contributed by atoms with Crippen LogP contribution in [0.15, 0.2) is 36.8 Å². The van der Waals surface area contributed by atoms with Crippen molar-refractivity contribution in [3.8, 4) is 0 Å². The minimum absolute atomic E-state index is 0.0516. The van der Waals surface area contributed by atoms with E-state index in [-0.39, 0.29) is 11.9 Å². The summed E-state index contributed by atoms with van der Waals surface area (Å²) in [5.41, 5.74) is 3.30. The number of hydrogen-bond acceptors (Lipinski definition) is 3. The lowest BCUT2D eigenvalue weighted by molar-refractivity contribution is -0.121. The molecule has 0 fully saturated rings. The van der Waals surface area contributed by atoms with Crippen LogP contribution in [0.5, 0.6) is 0 Å². The number of benzene rings is 1. The average molecular weight is 256 g/mol. The van der Waals surface area contributed by atoms with Crippen molar-refractivity contribution in [3.05, 3.63) is 48.0 Å². The number of hydrogen-bond donors (Lipinski definition) is 3. The minimum Gasteiger partial charge on any atom is -0.373 e. The molecule has 2 aromatic rings. The monoisotopic (exact) mass is 256 g/mol. The number of aromatic nitrogens is 2. The van der Waals surface area contributed by atoms with Gasteiger partial charge in [-0.15, -0.1) is 0 Å². The lowest BCUT2D eigenvalue weighted by Crippen LogP contribution is -2.39. The molecule has 1 aromatic carbocycles. The van der Waals surface area contributed by atoms with Gasteiger partial charge in [-0.1, -0.05) is 18.2 Å². The van der Waals surface area contributed by atoms with Crippen molar-refractivity contribution in [2.45, 2.75) is 18.9 Å². The summed E-state index contributed by atoms with van der Waals surface area (Å²) in [4.78, 5) is 19.0. The Morgan fingerprint density at radius 3 is 3.11 bits per heavy atom. The summed E-state index contributed by atoms with van der Waals surface area (Å²) in [5.74, 6) is 0.0516. The summed E-state index contributed by atoms with van der Waals surface area (Å²) in [6.07, 6.45) is 4.94. The van der Waals surface area contributed by atoms with Crippen molar-refractivity contribution in [3.63, 3.8) is 0 Å². The number of nitrogens with one attached hydrogen (secondary N) is 3. The van der Waals surface area contributed by atoms with Gasteiger partial charge in [0.1, 0.15) is 6.04 Å². The number of carbonyl (C=O) groups is 1. The van der Waals surface area contributed by atoms with E-state index in [0.29, 0.717) is 6.54 Å². The predicted molar refractivity (Wildman–Crippen MR) is 72.9 cm³/mol. The van der Waals surface area contributed by atoms with Crippen LogP contribution in [0.1, 0.15) is 11.3 Å². The Morgan fingerprint density at radius 2 is 2.32 bits per heavy atom. The summed E-state index contributed by atoms with van der Waals surface area (Å²) < 4.78 is 0. The predicted octanol–water partition coefficient (Wildman–Crippen LogP) is 1.11. The molecule has 98 valence electrons. The quantitative estimate of drug-likeness (QED) is 0.767. The molecule has 3 rings (SSSR count). The second-order valence-corrected chi connectivity index (χ2v) is 4.68. The van der Waals surface area contributed by atoms with Crippen LogP contribution in [-0.4, -0.2) is 28.5 Å². The number of amides is 1. The van der Waals surface area contributed by atoms with Crippen molar-refractivity contribution in [1.82, 2.24) is 15.3 Å². The van der Waals surface area contributed by atoms with Gasteiger partial charge in [0, 0.05) is 37.0 Å². The van der Waals surface area contributed by atoms with Crippen molar-refractivity contribution < 1.29 is 4.79 Å². The number of anilines is 1. The Labute approximate surface area is 111 Å². The molecule has 2 heterocycles. The van der Waals surface area contributed by atoms with E-state index in [1.807, 2.05) is 18.2 Å². The van der Waals surface area contributed by atoms with Crippen LogP contribution >= 0.6 is 0 Å². The van der Waals surface area contributed by atoms with Crippen molar-refractivity contribution in [2.75, 3.05) is 11.9 Å². The van der Waals surface area contributed by atoms with Crippen molar-refractivity contribution in [1.29, 1.82) is 0 Å². The van der Waals surface area contributed by atoms with Crippen LogP contribution in [0.3, 0.4) is 0 Å². The van der Waals surface area contributed by atoms with Crippen molar-refractivity contribution >= 4 is 11.6 Å². The highest BCUT2D eigenvalue weighted by molar-refractivity contribution is 5.87. The van der Waals surface area contributed by atoms with E-state index in [0.717, 1.165) is 24.2 Å². The fourth-order valence-electron chi connectivity index (χ4n) is 2.32. The zero-order valence-electron chi connectivity index (χ0n) is 10.5. The molecule has 0 aliphatic carbocycles. The molecule has 19 heavy (non-hydrogen) atoms. The summed E-state index contributed by atoms with van der Waals surface area (Å²) in [6, 6.07) is 7.88. The molecule has 3 N–H and O–H groups in total. The van der Waals surface area contributed by atoms with E-state index in [2.05, 4.69) is 26.7 Å². The standard InChI is InChI=1S/C14H16N4O/c19-14(16-6-5-11-8-15-9-17-11)13-7-10-3-1-2-4-12(10)18-13/h1-4,8-9,13,18H,5-7H2,(H,15,17)(H,16,19). The first-order valence-corrected chi connectivity index (χ1v) is 6.42. The number of nitrogens with zero attached hydrogens (tertiary/aromatic N) is 1. The van der Waals surface area contributed by atoms with Crippen LogP contribution in [-0.2, 0) is 17.6 Å². The number of rotatable bonds is 4. The second kappa shape index (κ2) is 5.14. The first-order chi connectivity index (χ1) is 9.33. The van der Waals surface area contributed by atoms with Gasteiger partial charge >= 0.3 is 0 Å². The van der Waals surface area contributed by atoms with E-state index in [4.69, 9.17) is 0 Å². The van der Waals surface area contributed by atoms with Gasteiger partial charge in [-0.05, 0) is 11.6 Å². The van der Waals surface area contributed by atoms with Crippen LogP contribution in [0.4, 0.5) is 5.69 Å². The van der Waals surface area contributed by atoms with Crippen LogP contribution in [0.25, 0.3) is 0 Å². The van der Waals surface area contributed by atoms with E-state index >= 15 is 0 Å². The zero-order valence-corrected chi connectivity index (χ0v) is 10.5. The van der Waals surface area contributed by atoms with Gasteiger partial charge in [-0.2, -0.15) is 0 Å². The highest BCUT2D eigenvalue weighted by Crippen LogP contribution is 2.24. The molecule has 1 atom stereocenters. The molecule has 0 bridgehead atoms. The average Bonchev–Trinajstić information content (AvgIpc) is 3.07. The van der Waals surface area contributed by atoms with E-state index in [1.54, 1.807) is 12.5 Å². The molecular weight excluding hydrogens is 240 g/mol. The maximum absolute atomic E-state index is 12.0. The number of imidazole rings is 1. The second-order valence-electron chi connectivity index (χ2n) is 4.68. The Balaban J connectivity index is 1.50. The minimum atomic E-state index is -0.154. The summed E-state index contributed by atoms with van der Waals surface area (Å²) in [6.45, 7) is 0.621. The molecule has 1 unspecified atom stereocenters. The summed E-state index contributed by atoms with van der Waals surface area (Å²) in [5, 5.41) is 6.19. The maximum atomic E-state index is 12.0. The number of para-hydroxylation sites is 1. The van der Waals surface area contributed by atoms with Gasteiger partial charge in [0.2, 0.25) is 5.91 Å². The lowest BCUT2D eigenvalue weighted by atomic mass is 10.1. The number of aromatic amines is 1. The fraction of sp³-hybridized carbons (Fsp3) is 0.286. The van der Waals surface area contributed by atoms with Crippen LogP contribution in [0, 0.1) is 0 Å². The fourth-order valence-corrected chi connectivity index (χ4v) is 2.32. The van der Waals surface area contributed by atoms with Gasteiger partial charge in [-0.3, -0.25) is 4.79 Å². The SMILES string of the molecule is O=C(NCCc1cnc[nH]1)C1Cc2ccccc2N1. The molecule has 5 heteroatoms. The Kier molecular flexibility index (Phi) is 3.18. The largest absolute Gasteiger partial charge is 0.373 e. The Bertz CT molecular complexity index is 540. The molecule has 0 saturated carbocycles. The highest BCUT2D eigenvalue weighted by Gasteiger charge is 2.25. The zero-order chi connectivity index (χ0) is 13.1. The van der Waals surface area contributed by atoms with Gasteiger partial charge < -0.3 is 15.6 Å². The van der Waals surface area contributed by atoms with Gasteiger partial charge in [0.05, 0.1) is 6.33 Å². The molecular formula is C14H16N4O. The first kappa shape index (κ1) is 11.8. The lowest BCUT2D eigenvalue weighted by Gasteiger charge is -2.11. The van der Waals surface area contributed by atoms with Gasteiger partial charge in [-0.25, -0.2) is 4.98 Å². The van der Waals surface area contributed by atoms with E-state index in [9.17, 15) is 4.79 Å². The van der Waals surface area contributed by atoms with E-state index in [1.165, 1.54) is 5.56 Å². The normalized spacial score (nSPS) is 16.7. The molecule has 0 spiro atoms. The van der Waals surface area contributed by atoms with Gasteiger partial charge in [0.25, 0.3) is 0 Å². The molecule has 5 nitrogen and oxygen atoms in total. The molecule has 0 saturated heterocycles. The van der Waals surface area contributed by atoms with Crippen LogP contribution < -0.4 is 10.6 Å². The van der Waals surface area contributed by atoms with Crippen LogP contribution in [0.2, 0.25) is 0 Å². The molecule has 1 aliphatic heterocycles. The number of fused-ring (bicyclic) bond motifs is 1.